The minimum absolute atomic E-state index is 0.291. The number of fused-ring (bicyclic) bond motifs is 1. The molecule has 0 saturated heterocycles. The summed E-state index contributed by atoms with van der Waals surface area (Å²) in [6.45, 7) is 1.15. The summed E-state index contributed by atoms with van der Waals surface area (Å²) in [5, 5.41) is 16.7. The summed E-state index contributed by atoms with van der Waals surface area (Å²) in [7, 11) is 1.58. The van der Waals surface area contributed by atoms with E-state index in [0.717, 1.165) is 25.2 Å². The Morgan fingerprint density at radius 2 is 2.26 bits per heavy atom. The molecule has 0 radical (unpaired) electrons. The van der Waals surface area contributed by atoms with E-state index in [1.165, 1.54) is 4.90 Å². The molecule has 19 heavy (non-hydrogen) atoms. The number of aryl methyl sites for hydroxylation is 1. The van der Waals surface area contributed by atoms with Gasteiger partial charge in [0.2, 0.25) is 5.91 Å². The molecule has 0 aromatic carbocycles. The zero-order valence-corrected chi connectivity index (χ0v) is 10.7. The average molecular weight is 267 g/mol. The molecule has 0 bridgehead atoms. The molecule has 8 heteroatoms. The zero-order valence-electron chi connectivity index (χ0n) is 10.7. The quantitative estimate of drug-likeness (QED) is 0.706. The molecule has 1 aliphatic heterocycles. The molecule has 0 aliphatic carbocycles. The van der Waals surface area contributed by atoms with Crippen LogP contribution in [0.15, 0.2) is 0 Å². The number of rotatable bonds is 5. The first kappa shape index (κ1) is 13.5. The molecule has 0 fully saturated rings. The number of carbonyl (C=O) groups is 2. The summed E-state index contributed by atoms with van der Waals surface area (Å²) in [6, 6.07) is -1.02. The van der Waals surface area contributed by atoms with E-state index in [4.69, 9.17) is 10.8 Å². The van der Waals surface area contributed by atoms with Gasteiger partial charge in [0.25, 0.3) is 0 Å². The third-order valence-corrected chi connectivity index (χ3v) is 3.15. The monoisotopic (exact) mass is 267 g/mol. The van der Waals surface area contributed by atoms with Crippen molar-refractivity contribution in [2.75, 3.05) is 7.05 Å². The number of carboxylic acids is 1. The standard InChI is InChI=1S/C11H17N5O3/c1-15(11(19)7(12)5-10(17)18)6-9-14-13-8-3-2-4-16(8)9/h7H,2-6,12H2,1H3,(H,17,18). The van der Waals surface area contributed by atoms with E-state index in [1.54, 1.807) is 7.05 Å². The second-order valence-corrected chi connectivity index (χ2v) is 4.69. The van der Waals surface area contributed by atoms with Gasteiger partial charge in [0.1, 0.15) is 5.82 Å². The van der Waals surface area contributed by atoms with E-state index in [-0.39, 0.29) is 6.42 Å². The van der Waals surface area contributed by atoms with E-state index < -0.39 is 17.9 Å². The van der Waals surface area contributed by atoms with Gasteiger partial charge < -0.3 is 20.3 Å². The van der Waals surface area contributed by atoms with Gasteiger partial charge in [0.05, 0.1) is 19.0 Å². The average Bonchev–Trinajstić information content (AvgIpc) is 2.92. The van der Waals surface area contributed by atoms with Crippen molar-refractivity contribution in [3.63, 3.8) is 0 Å². The van der Waals surface area contributed by atoms with Crippen LogP contribution in [-0.2, 0) is 29.1 Å². The number of hydrogen-bond acceptors (Lipinski definition) is 5. The Hall–Kier alpha value is -1.96. The van der Waals surface area contributed by atoms with Crippen LogP contribution in [-0.4, -0.2) is 49.7 Å². The molecular weight excluding hydrogens is 250 g/mol. The maximum absolute atomic E-state index is 11.9. The summed E-state index contributed by atoms with van der Waals surface area (Å²) < 4.78 is 1.99. The number of nitrogens with two attached hydrogens (primary N) is 1. The zero-order chi connectivity index (χ0) is 14.0. The second kappa shape index (κ2) is 5.35. The Labute approximate surface area is 110 Å². The number of carbonyl (C=O) groups excluding carboxylic acids is 1. The van der Waals surface area contributed by atoms with Crippen molar-refractivity contribution in [2.45, 2.75) is 38.4 Å². The van der Waals surface area contributed by atoms with Crippen LogP contribution < -0.4 is 5.73 Å². The van der Waals surface area contributed by atoms with Crippen LogP contribution in [0.4, 0.5) is 0 Å². The topological polar surface area (TPSA) is 114 Å². The highest BCUT2D eigenvalue weighted by molar-refractivity contribution is 5.85. The first-order chi connectivity index (χ1) is 8.99. The molecule has 0 spiro atoms. The number of likely N-dealkylation sites (N-methyl/N-ethyl adjacent to an activating group) is 1. The Morgan fingerprint density at radius 1 is 1.53 bits per heavy atom. The van der Waals surface area contributed by atoms with Gasteiger partial charge in [-0.3, -0.25) is 9.59 Å². The number of hydrogen-bond donors (Lipinski definition) is 2. The Kier molecular flexibility index (Phi) is 3.79. The molecule has 2 heterocycles. The van der Waals surface area contributed by atoms with Crippen molar-refractivity contribution in [3.8, 4) is 0 Å². The van der Waals surface area contributed by atoms with Gasteiger partial charge in [0, 0.05) is 20.0 Å². The van der Waals surface area contributed by atoms with Crippen LogP contribution >= 0.6 is 0 Å². The van der Waals surface area contributed by atoms with Gasteiger partial charge >= 0.3 is 5.97 Å². The van der Waals surface area contributed by atoms with Crippen molar-refractivity contribution < 1.29 is 14.7 Å². The fourth-order valence-electron chi connectivity index (χ4n) is 2.18. The van der Waals surface area contributed by atoms with Crippen LogP contribution in [0, 0.1) is 0 Å². The van der Waals surface area contributed by atoms with E-state index in [1.807, 2.05) is 4.57 Å². The fourth-order valence-corrected chi connectivity index (χ4v) is 2.18. The smallest absolute Gasteiger partial charge is 0.305 e. The van der Waals surface area contributed by atoms with Crippen LogP contribution in [0.25, 0.3) is 0 Å². The van der Waals surface area contributed by atoms with Gasteiger partial charge in [-0.25, -0.2) is 0 Å². The molecule has 1 aromatic rings. The summed E-state index contributed by atoms with van der Waals surface area (Å²) in [4.78, 5) is 23.8. The molecule has 2 rings (SSSR count). The molecule has 1 atom stereocenters. The molecule has 0 saturated carbocycles. The highest BCUT2D eigenvalue weighted by Gasteiger charge is 2.24. The number of carboxylic acid groups (broad SMARTS) is 1. The van der Waals surface area contributed by atoms with E-state index in [2.05, 4.69) is 10.2 Å². The van der Waals surface area contributed by atoms with E-state index in [0.29, 0.717) is 12.4 Å². The van der Waals surface area contributed by atoms with Crippen LogP contribution in [0.3, 0.4) is 0 Å². The molecule has 1 aromatic heterocycles. The predicted molar refractivity (Wildman–Crippen MR) is 65.0 cm³/mol. The SMILES string of the molecule is CN(Cc1nnc2n1CCC2)C(=O)C(N)CC(=O)O. The summed E-state index contributed by atoms with van der Waals surface area (Å²) in [5.41, 5.74) is 5.55. The highest BCUT2D eigenvalue weighted by atomic mass is 16.4. The lowest BCUT2D eigenvalue weighted by Gasteiger charge is -2.20. The summed E-state index contributed by atoms with van der Waals surface area (Å²) in [5.74, 6) is 0.159. The molecule has 3 N–H and O–H groups in total. The van der Waals surface area contributed by atoms with E-state index in [9.17, 15) is 9.59 Å². The Morgan fingerprint density at radius 3 is 2.95 bits per heavy atom. The van der Waals surface area contributed by atoms with Crippen molar-refractivity contribution in [3.05, 3.63) is 11.6 Å². The first-order valence-electron chi connectivity index (χ1n) is 6.12. The lowest BCUT2D eigenvalue weighted by molar-refractivity contribution is -0.141. The van der Waals surface area contributed by atoms with E-state index >= 15 is 0 Å². The van der Waals surface area contributed by atoms with Crippen LogP contribution in [0.5, 0.6) is 0 Å². The Balaban J connectivity index is 1.98. The molecular formula is C11H17N5O3. The molecule has 1 aliphatic rings. The van der Waals surface area contributed by atoms with Crippen molar-refractivity contribution >= 4 is 11.9 Å². The second-order valence-electron chi connectivity index (χ2n) is 4.69. The minimum atomic E-state index is -1.09. The fraction of sp³-hybridized carbons (Fsp3) is 0.636. The van der Waals surface area contributed by atoms with Crippen LogP contribution in [0.1, 0.15) is 24.5 Å². The lowest BCUT2D eigenvalue weighted by Crippen LogP contribution is -2.43. The summed E-state index contributed by atoms with van der Waals surface area (Å²) in [6.07, 6.45) is 1.57. The molecule has 104 valence electrons. The largest absolute Gasteiger partial charge is 0.481 e. The normalized spacial score (nSPS) is 15.1. The van der Waals surface area contributed by atoms with Gasteiger partial charge in [-0.05, 0) is 6.42 Å². The Bertz CT molecular complexity index is 499. The number of aliphatic carboxylic acids is 1. The van der Waals surface area contributed by atoms with Gasteiger partial charge in [-0.15, -0.1) is 10.2 Å². The van der Waals surface area contributed by atoms with Crippen molar-refractivity contribution in [2.24, 2.45) is 5.73 Å². The number of aromatic nitrogens is 3. The minimum Gasteiger partial charge on any atom is -0.481 e. The lowest BCUT2D eigenvalue weighted by atomic mass is 10.2. The first-order valence-corrected chi connectivity index (χ1v) is 6.12. The number of amides is 1. The van der Waals surface area contributed by atoms with Gasteiger partial charge in [-0.1, -0.05) is 0 Å². The van der Waals surface area contributed by atoms with Crippen LogP contribution in [0.2, 0.25) is 0 Å². The number of nitrogens with zero attached hydrogens (tertiary/aromatic N) is 4. The predicted octanol–water partition coefficient (Wildman–Crippen LogP) is -1.02. The molecule has 1 unspecified atom stereocenters. The van der Waals surface area contributed by atoms with Gasteiger partial charge in [0.15, 0.2) is 5.82 Å². The highest BCUT2D eigenvalue weighted by Crippen LogP contribution is 2.15. The molecule has 1 amide bonds. The maximum Gasteiger partial charge on any atom is 0.305 e. The van der Waals surface area contributed by atoms with Gasteiger partial charge in [-0.2, -0.15) is 0 Å². The van der Waals surface area contributed by atoms with Crippen molar-refractivity contribution in [1.29, 1.82) is 0 Å². The third-order valence-electron chi connectivity index (χ3n) is 3.15. The van der Waals surface area contributed by atoms with Crippen molar-refractivity contribution in [1.82, 2.24) is 19.7 Å². The maximum atomic E-state index is 11.9. The third kappa shape index (κ3) is 2.90. The summed E-state index contributed by atoms with van der Waals surface area (Å²) >= 11 is 0. The molecule has 8 nitrogen and oxygen atoms in total.